The van der Waals surface area contributed by atoms with E-state index in [0.717, 1.165) is 11.8 Å². The van der Waals surface area contributed by atoms with Gasteiger partial charge in [0.15, 0.2) is 0 Å². The van der Waals surface area contributed by atoms with Gasteiger partial charge >= 0.3 is 0 Å². The van der Waals surface area contributed by atoms with E-state index in [4.69, 9.17) is 0 Å². The predicted molar refractivity (Wildman–Crippen MR) is 34.6 cm³/mol. The normalized spacial score (nSPS) is 29.5. The van der Waals surface area contributed by atoms with Crippen LogP contribution in [0.2, 0.25) is 0 Å². The Kier molecular flexibility index (Phi) is 0.927. The van der Waals surface area contributed by atoms with Crippen molar-refractivity contribution >= 4 is 0 Å². The maximum absolute atomic E-state index is 2.41. The summed E-state index contributed by atoms with van der Waals surface area (Å²) in [6, 6.07) is 0. The largest absolute Gasteiger partial charge is 0.0851 e. The summed E-state index contributed by atoms with van der Waals surface area (Å²) in [5.41, 5.74) is 0. The lowest BCUT2D eigenvalue weighted by Gasteiger charge is -1.77. The summed E-state index contributed by atoms with van der Waals surface area (Å²) >= 11 is 0. The molecule has 0 nitrogen and oxygen atoms in total. The number of allylic oxidation sites excluding steroid dienone is 2. The minimum absolute atomic E-state index is 0.996. The van der Waals surface area contributed by atoms with Gasteiger partial charge in [-0.25, -0.2) is 0 Å². The summed E-state index contributed by atoms with van der Waals surface area (Å²) in [5.74, 6) is 1.99. The second-order valence-electron chi connectivity index (χ2n) is 3.06. The maximum Gasteiger partial charge on any atom is -0.0233 e. The van der Waals surface area contributed by atoms with Crippen LogP contribution in [0.3, 0.4) is 0 Å². The van der Waals surface area contributed by atoms with Crippen molar-refractivity contribution in [3.05, 3.63) is 12.2 Å². The second kappa shape index (κ2) is 1.61. The Labute approximate surface area is 50.6 Å². The third-order valence-corrected chi connectivity index (χ3v) is 1.90. The lowest BCUT2D eigenvalue weighted by molar-refractivity contribution is 1.05. The molecule has 0 heteroatoms. The Balaban J connectivity index is 1.76. The number of hydrogen-bond donors (Lipinski definition) is 0. The molecule has 0 aromatic heterocycles. The van der Waals surface area contributed by atoms with Gasteiger partial charge in [0.1, 0.15) is 0 Å². The molecule has 0 bridgehead atoms. The zero-order chi connectivity index (χ0) is 5.40. The fourth-order valence-electron chi connectivity index (χ4n) is 0.892. The zero-order valence-electron chi connectivity index (χ0n) is 5.14. The molecule has 0 aromatic carbocycles. The molecule has 0 unspecified atom stereocenters. The van der Waals surface area contributed by atoms with Crippen molar-refractivity contribution in [1.29, 1.82) is 0 Å². The van der Waals surface area contributed by atoms with E-state index in [1.165, 1.54) is 25.7 Å². The molecule has 2 aliphatic carbocycles. The van der Waals surface area contributed by atoms with Crippen molar-refractivity contribution in [3.63, 3.8) is 0 Å². The molecule has 0 atom stereocenters. The van der Waals surface area contributed by atoms with Crippen molar-refractivity contribution in [2.75, 3.05) is 0 Å². The third-order valence-electron chi connectivity index (χ3n) is 1.90. The molecule has 2 saturated carbocycles. The summed E-state index contributed by atoms with van der Waals surface area (Å²) in [6.45, 7) is 0. The van der Waals surface area contributed by atoms with Crippen LogP contribution in [0.1, 0.15) is 25.7 Å². The molecule has 2 aliphatic rings. The molecule has 44 valence electrons. The smallest absolute Gasteiger partial charge is 0.0233 e. The molecular formula is C8H12. The monoisotopic (exact) mass is 108 g/mol. The second-order valence-corrected chi connectivity index (χ2v) is 3.06. The van der Waals surface area contributed by atoms with E-state index in [0.29, 0.717) is 0 Å². The van der Waals surface area contributed by atoms with Crippen LogP contribution in [0, 0.1) is 11.8 Å². The van der Waals surface area contributed by atoms with E-state index in [1.807, 2.05) is 0 Å². The van der Waals surface area contributed by atoms with Crippen molar-refractivity contribution in [1.82, 2.24) is 0 Å². The molecule has 0 heterocycles. The molecule has 0 spiro atoms. The number of hydrogen-bond acceptors (Lipinski definition) is 0. The number of rotatable bonds is 2. The van der Waals surface area contributed by atoms with Gasteiger partial charge in [-0.05, 0) is 37.5 Å². The van der Waals surface area contributed by atoms with Gasteiger partial charge in [-0.3, -0.25) is 0 Å². The topological polar surface area (TPSA) is 0 Å². The van der Waals surface area contributed by atoms with Crippen molar-refractivity contribution < 1.29 is 0 Å². The molecule has 0 radical (unpaired) electrons. The Bertz CT molecular complexity index is 91.2. The van der Waals surface area contributed by atoms with E-state index < -0.39 is 0 Å². The zero-order valence-corrected chi connectivity index (χ0v) is 5.14. The first-order chi connectivity index (χ1) is 3.95. The lowest BCUT2D eigenvalue weighted by atomic mass is 10.3. The molecule has 0 aromatic rings. The van der Waals surface area contributed by atoms with Gasteiger partial charge in [0, 0.05) is 0 Å². The van der Waals surface area contributed by atoms with Gasteiger partial charge in [-0.1, -0.05) is 12.2 Å². The molecule has 0 N–H and O–H groups in total. The van der Waals surface area contributed by atoms with Crippen molar-refractivity contribution in [2.24, 2.45) is 11.8 Å². The Morgan fingerprint density at radius 3 is 1.38 bits per heavy atom. The van der Waals surface area contributed by atoms with E-state index in [9.17, 15) is 0 Å². The molecule has 2 fully saturated rings. The summed E-state index contributed by atoms with van der Waals surface area (Å²) in [6.07, 6.45) is 10.7. The van der Waals surface area contributed by atoms with Gasteiger partial charge in [0.2, 0.25) is 0 Å². The first-order valence-electron chi connectivity index (χ1n) is 3.63. The van der Waals surface area contributed by atoms with Gasteiger partial charge in [-0.2, -0.15) is 0 Å². The van der Waals surface area contributed by atoms with E-state index in [1.54, 1.807) is 0 Å². The van der Waals surface area contributed by atoms with Crippen LogP contribution in [0.25, 0.3) is 0 Å². The summed E-state index contributed by atoms with van der Waals surface area (Å²) in [4.78, 5) is 0. The molecule has 0 saturated heterocycles. The highest BCUT2D eigenvalue weighted by Crippen LogP contribution is 2.35. The molecular weight excluding hydrogens is 96.1 g/mol. The average molecular weight is 108 g/mol. The summed E-state index contributed by atoms with van der Waals surface area (Å²) in [5, 5.41) is 0. The van der Waals surface area contributed by atoms with Crippen molar-refractivity contribution in [3.8, 4) is 0 Å². The van der Waals surface area contributed by atoms with Crippen molar-refractivity contribution in [2.45, 2.75) is 25.7 Å². The van der Waals surface area contributed by atoms with Crippen LogP contribution in [0.4, 0.5) is 0 Å². The van der Waals surface area contributed by atoms with Crippen LogP contribution in [-0.4, -0.2) is 0 Å². The Hall–Kier alpha value is -0.260. The maximum atomic E-state index is 2.41. The standard InChI is InChI=1S/C8H12/c1-2-7(1)5-6-8-3-4-8/h5-8H,1-4H2/b6-5-. The van der Waals surface area contributed by atoms with E-state index in [2.05, 4.69) is 12.2 Å². The van der Waals surface area contributed by atoms with Crippen LogP contribution < -0.4 is 0 Å². The van der Waals surface area contributed by atoms with Crippen LogP contribution >= 0.6 is 0 Å². The van der Waals surface area contributed by atoms with Gasteiger partial charge < -0.3 is 0 Å². The highest BCUT2D eigenvalue weighted by atomic mass is 14.3. The van der Waals surface area contributed by atoms with Crippen LogP contribution in [0.15, 0.2) is 12.2 Å². The minimum atomic E-state index is 0.996. The fourth-order valence-corrected chi connectivity index (χ4v) is 0.892. The average Bonchev–Trinajstić information content (AvgIpc) is 2.60. The fraction of sp³-hybridized carbons (Fsp3) is 0.750. The Morgan fingerprint density at radius 1 is 0.750 bits per heavy atom. The molecule has 0 aliphatic heterocycles. The quantitative estimate of drug-likeness (QED) is 0.476. The Morgan fingerprint density at radius 2 is 1.12 bits per heavy atom. The van der Waals surface area contributed by atoms with Gasteiger partial charge in [0.25, 0.3) is 0 Å². The van der Waals surface area contributed by atoms with Gasteiger partial charge in [-0.15, -0.1) is 0 Å². The lowest BCUT2D eigenvalue weighted by Crippen LogP contribution is -1.64. The van der Waals surface area contributed by atoms with Crippen LogP contribution in [-0.2, 0) is 0 Å². The molecule has 2 rings (SSSR count). The highest BCUT2D eigenvalue weighted by Gasteiger charge is 2.21. The minimum Gasteiger partial charge on any atom is -0.0851 e. The SMILES string of the molecule is C(=C/C1CC1)/C1CC1. The summed E-state index contributed by atoms with van der Waals surface area (Å²) < 4.78 is 0. The molecule has 8 heavy (non-hydrogen) atoms. The third kappa shape index (κ3) is 1.12. The molecule has 0 amide bonds. The first-order valence-corrected chi connectivity index (χ1v) is 3.63. The van der Waals surface area contributed by atoms with E-state index >= 15 is 0 Å². The van der Waals surface area contributed by atoms with E-state index in [-0.39, 0.29) is 0 Å². The van der Waals surface area contributed by atoms with Crippen LogP contribution in [0.5, 0.6) is 0 Å². The highest BCUT2D eigenvalue weighted by molar-refractivity contribution is 5.02. The van der Waals surface area contributed by atoms with Gasteiger partial charge in [0.05, 0.1) is 0 Å². The predicted octanol–water partition coefficient (Wildman–Crippen LogP) is 2.36. The first kappa shape index (κ1) is 4.60. The summed E-state index contributed by atoms with van der Waals surface area (Å²) in [7, 11) is 0.